The van der Waals surface area contributed by atoms with Crippen LogP contribution >= 0.6 is 0 Å². The summed E-state index contributed by atoms with van der Waals surface area (Å²) >= 11 is 0. The molecule has 0 saturated heterocycles. The molecule has 0 unspecified atom stereocenters. The average molecular weight is 206 g/mol. The third-order valence-corrected chi connectivity index (χ3v) is 1.72. The molecule has 2 aromatic rings. The summed E-state index contributed by atoms with van der Waals surface area (Å²) in [7, 11) is 0. The summed E-state index contributed by atoms with van der Waals surface area (Å²) in [6, 6.07) is 5.00. The lowest BCUT2D eigenvalue weighted by atomic mass is 10.3. The molecule has 0 bridgehead atoms. The van der Waals surface area contributed by atoms with Crippen molar-refractivity contribution < 1.29 is 9.18 Å². The van der Waals surface area contributed by atoms with Crippen molar-refractivity contribution in [1.29, 1.82) is 0 Å². The van der Waals surface area contributed by atoms with Crippen molar-refractivity contribution in [3.63, 3.8) is 0 Å². The Morgan fingerprint density at radius 1 is 1.33 bits per heavy atom. The molecular formula is C9H7FN4O. The summed E-state index contributed by atoms with van der Waals surface area (Å²) in [6.07, 6.45) is 2.53. The highest BCUT2D eigenvalue weighted by Crippen LogP contribution is 2.08. The molecule has 0 aliphatic rings. The number of rotatable bonds is 1. The van der Waals surface area contributed by atoms with Crippen molar-refractivity contribution in [2.45, 2.75) is 0 Å². The molecular weight excluding hydrogens is 199 g/mol. The van der Waals surface area contributed by atoms with E-state index in [9.17, 15) is 9.18 Å². The number of aromatic nitrogens is 3. The predicted octanol–water partition coefficient (Wildman–Crippen LogP) is 1.50. The summed E-state index contributed by atoms with van der Waals surface area (Å²) in [5, 5.41) is 6.18. The van der Waals surface area contributed by atoms with Crippen LogP contribution in [0.2, 0.25) is 0 Å². The van der Waals surface area contributed by atoms with Gasteiger partial charge >= 0.3 is 6.03 Å². The molecule has 1 heterocycles. The zero-order chi connectivity index (χ0) is 10.7. The molecule has 0 saturated carbocycles. The Bertz CT molecular complexity index is 451. The number of hydrogen-bond donors (Lipinski definition) is 1. The van der Waals surface area contributed by atoms with Gasteiger partial charge in [-0.2, -0.15) is 9.78 Å². The molecule has 5 nitrogen and oxygen atoms in total. The van der Waals surface area contributed by atoms with Gasteiger partial charge in [-0.25, -0.2) is 14.2 Å². The number of amides is 1. The lowest BCUT2D eigenvalue weighted by Crippen LogP contribution is -2.19. The monoisotopic (exact) mass is 206 g/mol. The van der Waals surface area contributed by atoms with Gasteiger partial charge in [0, 0.05) is 5.69 Å². The molecule has 1 N–H and O–H groups in total. The summed E-state index contributed by atoms with van der Waals surface area (Å²) in [5.41, 5.74) is 0.497. The largest absolute Gasteiger partial charge is 0.348 e. The van der Waals surface area contributed by atoms with Gasteiger partial charge in [0.2, 0.25) is 0 Å². The molecule has 0 spiro atoms. The SMILES string of the molecule is O=C(Nc1ccc(F)cc1)n1cncn1. The van der Waals surface area contributed by atoms with Crippen LogP contribution in [0.15, 0.2) is 36.9 Å². The van der Waals surface area contributed by atoms with E-state index in [1.54, 1.807) is 0 Å². The second kappa shape index (κ2) is 3.87. The Morgan fingerprint density at radius 3 is 2.67 bits per heavy atom. The van der Waals surface area contributed by atoms with Crippen molar-refractivity contribution in [2.24, 2.45) is 0 Å². The first-order chi connectivity index (χ1) is 7.25. The van der Waals surface area contributed by atoms with Gasteiger partial charge in [-0.3, -0.25) is 0 Å². The minimum Gasteiger partial charge on any atom is -0.306 e. The van der Waals surface area contributed by atoms with Crippen LogP contribution in [0, 0.1) is 5.82 Å². The van der Waals surface area contributed by atoms with Crippen molar-refractivity contribution in [2.75, 3.05) is 5.32 Å². The quantitative estimate of drug-likeness (QED) is 0.769. The summed E-state index contributed by atoms with van der Waals surface area (Å²) in [4.78, 5) is 15.0. The molecule has 0 aliphatic carbocycles. The van der Waals surface area contributed by atoms with E-state index in [0.29, 0.717) is 5.69 Å². The maximum atomic E-state index is 12.6. The molecule has 1 aromatic carbocycles. The van der Waals surface area contributed by atoms with Gasteiger partial charge in [-0.15, -0.1) is 0 Å². The topological polar surface area (TPSA) is 59.8 Å². The van der Waals surface area contributed by atoms with Crippen molar-refractivity contribution in [3.05, 3.63) is 42.7 Å². The van der Waals surface area contributed by atoms with Gasteiger partial charge in [-0.1, -0.05) is 0 Å². The molecule has 6 heteroatoms. The Hall–Kier alpha value is -2.24. The van der Waals surface area contributed by atoms with E-state index in [2.05, 4.69) is 15.4 Å². The highest BCUT2D eigenvalue weighted by atomic mass is 19.1. The second-order valence-corrected chi connectivity index (χ2v) is 2.78. The van der Waals surface area contributed by atoms with E-state index in [0.717, 1.165) is 4.68 Å². The third-order valence-electron chi connectivity index (χ3n) is 1.72. The highest BCUT2D eigenvalue weighted by Gasteiger charge is 2.04. The summed E-state index contributed by atoms with van der Waals surface area (Å²) in [6.45, 7) is 0. The number of hydrogen-bond acceptors (Lipinski definition) is 3. The molecule has 0 aliphatic heterocycles. The fraction of sp³-hybridized carbons (Fsp3) is 0. The normalized spacial score (nSPS) is 9.93. The van der Waals surface area contributed by atoms with Gasteiger partial charge in [0.25, 0.3) is 0 Å². The zero-order valence-electron chi connectivity index (χ0n) is 7.59. The number of benzene rings is 1. The standard InChI is InChI=1S/C9H7FN4O/c10-7-1-3-8(4-2-7)13-9(15)14-6-11-5-12-14/h1-6H,(H,13,15). The van der Waals surface area contributed by atoms with Crippen molar-refractivity contribution in [1.82, 2.24) is 14.8 Å². The van der Waals surface area contributed by atoms with Crippen LogP contribution < -0.4 is 5.32 Å². The molecule has 1 amide bonds. The molecule has 2 rings (SSSR count). The molecule has 1 aromatic heterocycles. The number of nitrogens with one attached hydrogen (secondary N) is 1. The molecule has 15 heavy (non-hydrogen) atoms. The average Bonchev–Trinajstić information content (AvgIpc) is 2.74. The van der Waals surface area contributed by atoms with E-state index >= 15 is 0 Å². The summed E-state index contributed by atoms with van der Waals surface area (Å²) in [5.74, 6) is -0.353. The van der Waals surface area contributed by atoms with Crippen molar-refractivity contribution >= 4 is 11.7 Å². The van der Waals surface area contributed by atoms with E-state index in [-0.39, 0.29) is 5.82 Å². The maximum absolute atomic E-state index is 12.6. The molecule has 0 fully saturated rings. The fourth-order valence-corrected chi connectivity index (χ4v) is 1.03. The first-order valence-corrected chi connectivity index (χ1v) is 4.17. The van der Waals surface area contributed by atoms with Crippen LogP contribution in [0.4, 0.5) is 14.9 Å². The number of nitrogens with zero attached hydrogens (tertiary/aromatic N) is 3. The second-order valence-electron chi connectivity index (χ2n) is 2.78. The Balaban J connectivity index is 2.09. The Labute approximate surface area is 84.6 Å². The van der Waals surface area contributed by atoms with Gasteiger partial charge < -0.3 is 5.32 Å². The van der Waals surface area contributed by atoms with Crippen LogP contribution in [0.25, 0.3) is 0 Å². The van der Waals surface area contributed by atoms with Gasteiger partial charge in [0.15, 0.2) is 0 Å². The predicted molar refractivity (Wildman–Crippen MR) is 50.8 cm³/mol. The van der Waals surface area contributed by atoms with Crippen LogP contribution in [-0.2, 0) is 0 Å². The van der Waals surface area contributed by atoms with Crippen LogP contribution in [0.5, 0.6) is 0 Å². The Morgan fingerprint density at radius 2 is 2.07 bits per heavy atom. The number of anilines is 1. The zero-order valence-corrected chi connectivity index (χ0v) is 7.59. The number of carbonyl (C=O) groups excluding carboxylic acids is 1. The molecule has 0 radical (unpaired) electrons. The van der Waals surface area contributed by atoms with E-state index in [4.69, 9.17) is 0 Å². The third kappa shape index (κ3) is 2.16. The minimum atomic E-state index is -0.445. The first-order valence-electron chi connectivity index (χ1n) is 4.17. The van der Waals surface area contributed by atoms with E-state index < -0.39 is 6.03 Å². The maximum Gasteiger partial charge on any atom is 0.348 e. The van der Waals surface area contributed by atoms with Crippen LogP contribution in [-0.4, -0.2) is 20.8 Å². The lowest BCUT2D eigenvalue weighted by Gasteiger charge is -2.03. The molecule has 76 valence electrons. The lowest BCUT2D eigenvalue weighted by molar-refractivity contribution is 0.251. The minimum absolute atomic E-state index is 0.353. The molecule has 0 atom stereocenters. The first kappa shape index (κ1) is 9.32. The fourth-order valence-electron chi connectivity index (χ4n) is 1.03. The number of halogens is 1. The van der Waals surface area contributed by atoms with Gasteiger partial charge in [0.1, 0.15) is 18.5 Å². The van der Waals surface area contributed by atoms with E-state index in [1.807, 2.05) is 0 Å². The van der Waals surface area contributed by atoms with Crippen LogP contribution in [0.3, 0.4) is 0 Å². The Kier molecular flexibility index (Phi) is 2.40. The van der Waals surface area contributed by atoms with Gasteiger partial charge in [-0.05, 0) is 24.3 Å². The van der Waals surface area contributed by atoms with Crippen molar-refractivity contribution in [3.8, 4) is 0 Å². The summed E-state index contributed by atoms with van der Waals surface area (Å²) < 4.78 is 13.6. The highest BCUT2D eigenvalue weighted by molar-refractivity contribution is 5.90. The van der Waals surface area contributed by atoms with E-state index in [1.165, 1.54) is 36.9 Å². The van der Waals surface area contributed by atoms with Gasteiger partial charge in [0.05, 0.1) is 0 Å². The number of carbonyl (C=O) groups is 1. The smallest absolute Gasteiger partial charge is 0.306 e. The van der Waals surface area contributed by atoms with Crippen LogP contribution in [0.1, 0.15) is 0 Å².